The van der Waals surface area contributed by atoms with Crippen molar-refractivity contribution in [1.29, 1.82) is 0 Å². The summed E-state index contributed by atoms with van der Waals surface area (Å²) in [6, 6.07) is 14.8. The lowest BCUT2D eigenvalue weighted by molar-refractivity contribution is -0.255. The fraction of sp³-hybridized carbons (Fsp3) is 0.300. The van der Waals surface area contributed by atoms with Crippen LogP contribution in [0.2, 0.25) is 0 Å². The fourth-order valence-electron chi connectivity index (χ4n) is 8.75. The molecule has 0 amide bonds. The first-order valence-electron chi connectivity index (χ1n) is 16.6. The molecule has 0 fully saturated rings. The second kappa shape index (κ2) is 10.3. The zero-order valence-corrected chi connectivity index (χ0v) is 28.1. The molecule has 5 nitrogen and oxygen atoms in total. The van der Waals surface area contributed by atoms with Crippen molar-refractivity contribution in [3.05, 3.63) is 110 Å². The number of hydrogen-bond donors (Lipinski definition) is 0. The third-order valence-electron chi connectivity index (χ3n) is 10.6. The number of fused-ring (bicyclic) bond motifs is 12. The number of carboxylic acids is 1. The summed E-state index contributed by atoms with van der Waals surface area (Å²) in [4.78, 5) is 15.0. The maximum absolute atomic E-state index is 16.6. The van der Waals surface area contributed by atoms with Crippen LogP contribution in [0.3, 0.4) is 0 Å². The summed E-state index contributed by atoms with van der Waals surface area (Å²) in [6.07, 6.45) is 0. The number of rotatable bonds is 4. The minimum Gasteiger partial charge on any atom is -0.545 e. The van der Waals surface area contributed by atoms with E-state index in [0.717, 1.165) is 32.9 Å². The zero-order chi connectivity index (χ0) is 34.9. The van der Waals surface area contributed by atoms with Crippen LogP contribution in [-0.2, 0) is 10.8 Å². The van der Waals surface area contributed by atoms with Crippen LogP contribution in [0, 0.1) is 23.3 Å². The molecule has 3 heterocycles. The summed E-state index contributed by atoms with van der Waals surface area (Å²) < 4.78 is 72.0. The van der Waals surface area contributed by atoms with Crippen molar-refractivity contribution in [2.24, 2.45) is 0 Å². The van der Waals surface area contributed by atoms with Crippen LogP contribution in [0.15, 0.2) is 48.5 Å². The second-order valence-corrected chi connectivity index (χ2v) is 14.5. The van der Waals surface area contributed by atoms with Gasteiger partial charge >= 0.3 is 0 Å². The Labute approximate surface area is 280 Å². The van der Waals surface area contributed by atoms with Gasteiger partial charge in [0.1, 0.15) is 18.0 Å². The summed E-state index contributed by atoms with van der Waals surface area (Å²) in [5.74, 6) is -9.62. The number of halogens is 4. The average Bonchev–Trinajstić information content (AvgIpc) is 3.53. The quantitative estimate of drug-likeness (QED) is 0.0976. The number of aromatic carboxylic acids is 1. The predicted octanol–water partition coefficient (Wildman–Crippen LogP) is 6.19. The Bertz CT molecular complexity index is 2490. The van der Waals surface area contributed by atoms with Crippen molar-refractivity contribution in [1.82, 2.24) is 4.58 Å². The number of carbonyl (C=O) groups is 1. The lowest BCUT2D eigenvalue weighted by Gasteiger charge is -2.32. The molecule has 8 rings (SSSR count). The molecule has 0 saturated heterocycles. The third kappa shape index (κ3) is 3.98. The van der Waals surface area contributed by atoms with E-state index in [-0.39, 0.29) is 16.4 Å². The van der Waals surface area contributed by atoms with Crippen molar-refractivity contribution < 1.29 is 32.2 Å². The molecule has 0 bridgehead atoms. The van der Waals surface area contributed by atoms with Crippen molar-refractivity contribution in [3.63, 3.8) is 0 Å². The van der Waals surface area contributed by atoms with Gasteiger partial charge in [0, 0.05) is 56.9 Å². The SMILES string of the molecule is CCN1CC(C)(C)c2c3c(c4ccccc4c21)C(c1c(F)c(F)c(F)c(F)c1C(=O)[O-])=c1c(c2c(c4ccccc14)=[N+](CC)CC2(C)C)O3. The standard InChI is InChI=1S/C40H34F4N2O3/c1-7-45-17-39(3,4)28-34(45)21-15-11-9-13-19(21)23-25(26-27(38(47)48)31(42)33(44)32(43)30(26)41)24-20-14-10-12-16-22(20)35-29(37(24)49-36(23)28)40(5,6)18-46(35)8-2/h9-16H,7-8,17-18H2,1-6H3. The highest BCUT2D eigenvalue weighted by Gasteiger charge is 2.47. The summed E-state index contributed by atoms with van der Waals surface area (Å²) in [5.41, 5.74) is -0.567. The minimum absolute atomic E-state index is 0.0831. The highest BCUT2D eigenvalue weighted by atomic mass is 19.2. The number of benzene rings is 5. The van der Waals surface area contributed by atoms with Gasteiger partial charge in [-0.1, -0.05) is 56.3 Å². The van der Waals surface area contributed by atoms with E-state index in [1.165, 1.54) is 0 Å². The first-order valence-corrected chi connectivity index (χ1v) is 16.6. The largest absolute Gasteiger partial charge is 0.545 e. The first kappa shape index (κ1) is 31.4. The zero-order valence-electron chi connectivity index (χ0n) is 28.1. The third-order valence-corrected chi connectivity index (χ3v) is 10.6. The van der Waals surface area contributed by atoms with E-state index in [4.69, 9.17) is 4.74 Å². The van der Waals surface area contributed by atoms with Crippen LogP contribution in [0.5, 0.6) is 11.5 Å². The van der Waals surface area contributed by atoms with Crippen molar-refractivity contribution in [2.75, 3.05) is 31.1 Å². The minimum atomic E-state index is -2.22. The van der Waals surface area contributed by atoms with Gasteiger partial charge in [0.05, 0.1) is 28.0 Å². The van der Waals surface area contributed by atoms with Crippen LogP contribution in [0.4, 0.5) is 23.2 Å². The number of likely N-dealkylation sites (N-methyl/N-ethyl adjacent to an activating group) is 2. The Morgan fingerprint density at radius 1 is 0.796 bits per heavy atom. The molecule has 0 N–H and O–H groups in total. The maximum Gasteiger partial charge on any atom is 0.215 e. The Hall–Kier alpha value is -4.92. The first-order chi connectivity index (χ1) is 23.2. The normalized spacial score (nSPS) is 16.9. The second-order valence-electron chi connectivity index (χ2n) is 14.5. The molecule has 49 heavy (non-hydrogen) atoms. The van der Waals surface area contributed by atoms with Gasteiger partial charge in [-0.25, -0.2) is 22.1 Å². The summed E-state index contributed by atoms with van der Waals surface area (Å²) in [5, 5.41) is 16.7. The summed E-state index contributed by atoms with van der Waals surface area (Å²) >= 11 is 0. The molecule has 0 radical (unpaired) electrons. The molecule has 0 spiro atoms. The highest BCUT2D eigenvalue weighted by molar-refractivity contribution is 6.12. The Balaban J connectivity index is 1.76. The lowest BCUT2D eigenvalue weighted by Crippen LogP contribution is -2.33. The number of hydrogen-bond acceptors (Lipinski definition) is 4. The van der Waals surface area contributed by atoms with Gasteiger partial charge < -0.3 is 19.5 Å². The molecule has 5 aromatic carbocycles. The molecule has 5 aromatic rings. The van der Waals surface area contributed by atoms with E-state index >= 15 is 13.2 Å². The summed E-state index contributed by atoms with van der Waals surface area (Å²) in [6.45, 7) is 15.0. The highest BCUT2D eigenvalue weighted by Crippen LogP contribution is 2.56. The van der Waals surface area contributed by atoms with E-state index in [1.807, 2.05) is 36.4 Å². The van der Waals surface area contributed by atoms with Gasteiger partial charge in [-0.2, -0.15) is 0 Å². The van der Waals surface area contributed by atoms with Gasteiger partial charge in [0.15, 0.2) is 29.8 Å². The van der Waals surface area contributed by atoms with Gasteiger partial charge in [-0.05, 0) is 44.5 Å². The number of ether oxygens (including phenoxy) is 1. The average molecular weight is 667 g/mol. The lowest BCUT2D eigenvalue weighted by atomic mass is 9.77. The van der Waals surface area contributed by atoms with Gasteiger partial charge in [0.25, 0.3) is 0 Å². The topological polar surface area (TPSA) is 55.6 Å². The van der Waals surface area contributed by atoms with E-state index in [9.17, 15) is 14.3 Å². The van der Waals surface area contributed by atoms with E-state index in [1.54, 1.807) is 12.1 Å². The van der Waals surface area contributed by atoms with E-state index in [0.29, 0.717) is 48.5 Å². The van der Waals surface area contributed by atoms with Crippen molar-refractivity contribution >= 4 is 38.8 Å². The molecule has 0 aromatic heterocycles. The van der Waals surface area contributed by atoms with Crippen LogP contribution >= 0.6 is 0 Å². The van der Waals surface area contributed by atoms with E-state index < -0.39 is 51.2 Å². The Morgan fingerprint density at radius 2 is 1.41 bits per heavy atom. The predicted molar refractivity (Wildman–Crippen MR) is 180 cm³/mol. The molecule has 0 unspecified atom stereocenters. The van der Waals surface area contributed by atoms with Crippen molar-refractivity contribution in [2.45, 2.75) is 52.4 Å². The van der Waals surface area contributed by atoms with Gasteiger partial charge in [0.2, 0.25) is 5.36 Å². The van der Waals surface area contributed by atoms with Crippen LogP contribution < -0.4 is 29.9 Å². The van der Waals surface area contributed by atoms with Gasteiger partial charge in [-0.3, -0.25) is 0 Å². The molecular weight excluding hydrogens is 632 g/mol. The molecular formula is C40H34F4N2O3. The summed E-state index contributed by atoms with van der Waals surface area (Å²) in [7, 11) is 0. The number of carbonyl (C=O) groups excluding carboxylic acids is 1. The molecule has 0 aliphatic carbocycles. The smallest absolute Gasteiger partial charge is 0.215 e. The van der Waals surface area contributed by atoms with Crippen molar-refractivity contribution in [3.8, 4) is 11.5 Å². The maximum atomic E-state index is 16.6. The number of nitrogens with zero attached hydrogens (tertiary/aromatic N) is 2. The Kier molecular flexibility index (Phi) is 6.59. The molecule has 0 saturated carbocycles. The molecule has 0 atom stereocenters. The number of carboxylic acid groups (broad SMARTS) is 1. The molecule has 3 aliphatic heterocycles. The van der Waals surface area contributed by atoms with Crippen LogP contribution in [0.25, 0.3) is 27.1 Å². The molecule has 250 valence electrons. The Morgan fingerprint density at radius 3 is 2.04 bits per heavy atom. The fourth-order valence-corrected chi connectivity index (χ4v) is 8.75. The number of anilines is 1. The molecule has 9 heteroatoms. The molecule has 3 aliphatic rings. The monoisotopic (exact) mass is 666 g/mol. The van der Waals surface area contributed by atoms with Crippen LogP contribution in [-0.4, -0.2) is 32.1 Å². The van der Waals surface area contributed by atoms with E-state index in [2.05, 4.69) is 51.0 Å². The van der Waals surface area contributed by atoms with Gasteiger partial charge in [-0.15, -0.1) is 0 Å². The van der Waals surface area contributed by atoms with Crippen LogP contribution in [0.1, 0.15) is 74.2 Å².